The number of carbonyl (C=O) groups excluding carboxylic acids is 1. The van der Waals surface area contributed by atoms with Crippen molar-refractivity contribution in [3.63, 3.8) is 0 Å². The van der Waals surface area contributed by atoms with Crippen molar-refractivity contribution in [1.29, 1.82) is 0 Å². The van der Waals surface area contributed by atoms with Crippen LogP contribution in [0.5, 0.6) is 5.75 Å². The molecule has 0 bridgehead atoms. The Balaban J connectivity index is 2.01. The smallest absolute Gasteiger partial charge is 0.228 e. The fourth-order valence-corrected chi connectivity index (χ4v) is 2.08. The second-order valence-corrected chi connectivity index (χ2v) is 4.89. The molecule has 2 aromatic carbocycles. The molecule has 0 saturated heterocycles. The van der Waals surface area contributed by atoms with Crippen LogP contribution < -0.4 is 10.1 Å². The van der Waals surface area contributed by atoms with Crippen molar-refractivity contribution in [3.05, 3.63) is 59.2 Å². The summed E-state index contributed by atoms with van der Waals surface area (Å²) in [6.07, 6.45) is 0.360. The van der Waals surface area contributed by atoms with Crippen molar-refractivity contribution >= 4 is 11.6 Å². The number of methoxy groups -OCH3 is 1. The summed E-state index contributed by atoms with van der Waals surface area (Å²) < 4.78 is 5.21. The van der Waals surface area contributed by atoms with E-state index in [0.29, 0.717) is 6.42 Å². The molecule has 20 heavy (non-hydrogen) atoms. The van der Waals surface area contributed by atoms with Gasteiger partial charge in [0.15, 0.2) is 0 Å². The van der Waals surface area contributed by atoms with Crippen molar-refractivity contribution in [1.82, 2.24) is 0 Å². The molecule has 0 fully saturated rings. The van der Waals surface area contributed by atoms with Crippen LogP contribution in [-0.4, -0.2) is 13.0 Å². The van der Waals surface area contributed by atoms with Crippen molar-refractivity contribution in [2.24, 2.45) is 0 Å². The first-order chi connectivity index (χ1) is 9.58. The van der Waals surface area contributed by atoms with Gasteiger partial charge in [-0.25, -0.2) is 0 Å². The van der Waals surface area contributed by atoms with E-state index in [2.05, 4.69) is 5.32 Å². The molecule has 0 aliphatic rings. The van der Waals surface area contributed by atoms with Gasteiger partial charge in [-0.1, -0.05) is 29.8 Å². The second-order valence-electron chi connectivity index (χ2n) is 4.89. The molecule has 0 saturated carbocycles. The highest BCUT2D eigenvalue weighted by atomic mass is 16.5. The summed E-state index contributed by atoms with van der Waals surface area (Å²) in [5.41, 5.74) is 4.01. The molecule has 0 aliphatic carbocycles. The highest BCUT2D eigenvalue weighted by Crippen LogP contribution is 2.19. The van der Waals surface area contributed by atoms with E-state index in [-0.39, 0.29) is 5.91 Å². The van der Waals surface area contributed by atoms with E-state index < -0.39 is 0 Å². The van der Waals surface area contributed by atoms with E-state index >= 15 is 0 Å². The van der Waals surface area contributed by atoms with Crippen molar-refractivity contribution in [2.45, 2.75) is 20.3 Å². The minimum absolute atomic E-state index is 0.0154. The summed E-state index contributed by atoms with van der Waals surface area (Å²) in [6.45, 7) is 3.99. The fourth-order valence-electron chi connectivity index (χ4n) is 2.08. The average Bonchev–Trinajstić information content (AvgIpc) is 2.41. The van der Waals surface area contributed by atoms with E-state index in [1.54, 1.807) is 7.11 Å². The first-order valence-electron chi connectivity index (χ1n) is 6.58. The average molecular weight is 269 g/mol. The summed E-state index contributed by atoms with van der Waals surface area (Å²) in [6, 6.07) is 13.6. The number of aryl methyl sites for hydroxylation is 2. The number of rotatable bonds is 4. The van der Waals surface area contributed by atoms with Crippen LogP contribution in [0.2, 0.25) is 0 Å². The molecule has 1 amide bonds. The number of hydrogen-bond donors (Lipinski definition) is 1. The van der Waals surface area contributed by atoms with Crippen LogP contribution in [0, 0.1) is 13.8 Å². The Morgan fingerprint density at radius 1 is 1.10 bits per heavy atom. The molecule has 3 nitrogen and oxygen atoms in total. The first-order valence-corrected chi connectivity index (χ1v) is 6.58. The lowest BCUT2D eigenvalue weighted by Crippen LogP contribution is -2.14. The van der Waals surface area contributed by atoms with Gasteiger partial charge in [0, 0.05) is 5.69 Å². The summed E-state index contributed by atoms with van der Waals surface area (Å²) in [4.78, 5) is 12.0. The normalized spacial score (nSPS) is 10.2. The molecule has 2 rings (SSSR count). The maximum absolute atomic E-state index is 12.0. The van der Waals surface area contributed by atoms with Crippen molar-refractivity contribution < 1.29 is 9.53 Å². The standard InChI is InChI=1S/C17H19NO2/c1-12-4-7-15(8-5-12)18-17(19)11-14-6-9-16(20-3)13(2)10-14/h4-10H,11H2,1-3H3,(H,18,19). The van der Waals surface area contributed by atoms with Crippen LogP contribution >= 0.6 is 0 Å². The van der Waals surface area contributed by atoms with Gasteiger partial charge in [-0.3, -0.25) is 4.79 Å². The molecule has 2 aromatic rings. The first kappa shape index (κ1) is 14.1. The van der Waals surface area contributed by atoms with Gasteiger partial charge < -0.3 is 10.1 Å². The molecule has 0 spiro atoms. The second kappa shape index (κ2) is 6.24. The zero-order valence-electron chi connectivity index (χ0n) is 12.1. The zero-order chi connectivity index (χ0) is 14.5. The van der Waals surface area contributed by atoms with Gasteiger partial charge in [0.2, 0.25) is 5.91 Å². The Kier molecular flexibility index (Phi) is 4.41. The van der Waals surface area contributed by atoms with Crippen molar-refractivity contribution in [2.75, 3.05) is 12.4 Å². The molecule has 0 unspecified atom stereocenters. The van der Waals surface area contributed by atoms with Crippen LogP contribution in [0.3, 0.4) is 0 Å². The summed E-state index contributed by atoms with van der Waals surface area (Å²) in [7, 11) is 1.64. The Hall–Kier alpha value is -2.29. The Morgan fingerprint density at radius 2 is 1.80 bits per heavy atom. The molecular weight excluding hydrogens is 250 g/mol. The summed E-state index contributed by atoms with van der Waals surface area (Å²) in [5, 5.41) is 2.90. The monoisotopic (exact) mass is 269 g/mol. The van der Waals surface area contributed by atoms with E-state index in [0.717, 1.165) is 22.6 Å². The lowest BCUT2D eigenvalue weighted by molar-refractivity contribution is -0.115. The molecule has 1 N–H and O–H groups in total. The van der Waals surface area contributed by atoms with Crippen molar-refractivity contribution in [3.8, 4) is 5.75 Å². The minimum atomic E-state index is -0.0154. The predicted octanol–water partition coefficient (Wildman–Crippen LogP) is 3.49. The topological polar surface area (TPSA) is 38.3 Å². The van der Waals surface area contributed by atoms with E-state index in [4.69, 9.17) is 4.74 Å². The lowest BCUT2D eigenvalue weighted by Gasteiger charge is -2.08. The third-order valence-corrected chi connectivity index (χ3v) is 3.16. The third kappa shape index (κ3) is 3.60. The highest BCUT2D eigenvalue weighted by molar-refractivity contribution is 5.92. The quantitative estimate of drug-likeness (QED) is 0.922. The van der Waals surface area contributed by atoms with Crippen LogP contribution in [-0.2, 0) is 11.2 Å². The highest BCUT2D eigenvalue weighted by Gasteiger charge is 2.06. The molecular formula is C17H19NO2. The fraction of sp³-hybridized carbons (Fsp3) is 0.235. The number of nitrogens with one attached hydrogen (secondary N) is 1. The Morgan fingerprint density at radius 3 is 2.40 bits per heavy atom. The summed E-state index contributed by atoms with van der Waals surface area (Å²) >= 11 is 0. The van der Waals surface area contributed by atoms with Crippen LogP contribution in [0.25, 0.3) is 0 Å². The number of ether oxygens (including phenoxy) is 1. The number of amides is 1. The number of hydrogen-bond acceptors (Lipinski definition) is 2. The molecule has 0 aliphatic heterocycles. The van der Waals surface area contributed by atoms with Gasteiger partial charge in [0.05, 0.1) is 13.5 Å². The third-order valence-electron chi connectivity index (χ3n) is 3.16. The molecule has 104 valence electrons. The largest absolute Gasteiger partial charge is 0.496 e. The van der Waals surface area contributed by atoms with Crippen LogP contribution in [0.1, 0.15) is 16.7 Å². The SMILES string of the molecule is COc1ccc(CC(=O)Nc2ccc(C)cc2)cc1C. The summed E-state index contributed by atoms with van der Waals surface area (Å²) in [5.74, 6) is 0.825. The maximum atomic E-state index is 12.0. The van der Waals surface area contributed by atoms with Gasteiger partial charge >= 0.3 is 0 Å². The minimum Gasteiger partial charge on any atom is -0.496 e. The van der Waals surface area contributed by atoms with E-state index in [9.17, 15) is 4.79 Å². The number of carbonyl (C=O) groups is 1. The van der Waals surface area contributed by atoms with Crippen LogP contribution in [0.4, 0.5) is 5.69 Å². The maximum Gasteiger partial charge on any atom is 0.228 e. The molecule has 0 atom stereocenters. The molecule has 0 aromatic heterocycles. The van der Waals surface area contributed by atoms with Gasteiger partial charge in [-0.15, -0.1) is 0 Å². The van der Waals surface area contributed by atoms with Gasteiger partial charge in [0.25, 0.3) is 0 Å². The Labute approximate surface area is 119 Å². The van der Waals surface area contributed by atoms with E-state index in [1.807, 2.05) is 56.3 Å². The zero-order valence-corrected chi connectivity index (χ0v) is 12.1. The molecule has 3 heteroatoms. The predicted molar refractivity (Wildman–Crippen MR) is 81.2 cm³/mol. The van der Waals surface area contributed by atoms with Crippen LogP contribution in [0.15, 0.2) is 42.5 Å². The number of benzene rings is 2. The molecule has 0 radical (unpaired) electrons. The van der Waals surface area contributed by atoms with Gasteiger partial charge in [-0.05, 0) is 43.2 Å². The van der Waals surface area contributed by atoms with Gasteiger partial charge in [-0.2, -0.15) is 0 Å². The number of anilines is 1. The van der Waals surface area contributed by atoms with Gasteiger partial charge in [0.1, 0.15) is 5.75 Å². The Bertz CT molecular complexity index is 603. The molecule has 0 heterocycles. The van der Waals surface area contributed by atoms with E-state index in [1.165, 1.54) is 5.56 Å². The lowest BCUT2D eigenvalue weighted by atomic mass is 10.1.